The minimum atomic E-state index is -3.74. The first-order valence-electron chi connectivity index (χ1n) is 10.3. The smallest absolute Gasteiger partial charge is 0.243 e. The first kappa shape index (κ1) is 21.0. The number of carbonyl (C=O) groups is 1. The molecular weight excluding hydrogens is 405 g/mol. The van der Waals surface area contributed by atoms with Crippen molar-refractivity contribution in [2.24, 2.45) is 5.92 Å². The van der Waals surface area contributed by atoms with E-state index in [1.165, 1.54) is 29.3 Å². The van der Waals surface area contributed by atoms with Crippen LogP contribution in [-0.4, -0.2) is 49.7 Å². The van der Waals surface area contributed by atoms with Gasteiger partial charge in [0, 0.05) is 25.3 Å². The first-order valence-corrected chi connectivity index (χ1v) is 11.7. The molecule has 2 aliphatic rings. The summed E-state index contributed by atoms with van der Waals surface area (Å²) in [7, 11) is -3.74. The standard InChI is InChI=1S/C22H26FN3O3S/c23-19-7-9-20(10-8-19)30(28,29)26-14-11-18(16-26)22(27)24-21-6-2-1-5-17(21)15-25-12-3-4-13-25/h1-2,5-10,18H,3-4,11-16H2,(H,24,27)/t18-/m0/s1. The van der Waals surface area contributed by atoms with Crippen molar-refractivity contribution in [1.29, 1.82) is 0 Å². The van der Waals surface area contributed by atoms with Gasteiger partial charge in [-0.1, -0.05) is 18.2 Å². The number of halogens is 1. The largest absolute Gasteiger partial charge is 0.326 e. The Balaban J connectivity index is 1.41. The van der Waals surface area contributed by atoms with E-state index in [4.69, 9.17) is 0 Å². The van der Waals surface area contributed by atoms with E-state index >= 15 is 0 Å². The van der Waals surface area contributed by atoms with E-state index in [0.717, 1.165) is 43.0 Å². The van der Waals surface area contributed by atoms with Gasteiger partial charge in [0.25, 0.3) is 0 Å². The summed E-state index contributed by atoms with van der Waals surface area (Å²) < 4.78 is 40.0. The van der Waals surface area contributed by atoms with Crippen molar-refractivity contribution in [2.45, 2.75) is 30.7 Å². The fraction of sp³-hybridized carbons (Fsp3) is 0.409. The zero-order chi connectivity index (χ0) is 21.1. The fourth-order valence-corrected chi connectivity index (χ4v) is 5.61. The molecule has 8 heteroatoms. The molecule has 0 aromatic heterocycles. The van der Waals surface area contributed by atoms with Gasteiger partial charge in [-0.2, -0.15) is 4.31 Å². The Morgan fingerprint density at radius 3 is 2.47 bits per heavy atom. The van der Waals surface area contributed by atoms with Gasteiger partial charge in [-0.15, -0.1) is 0 Å². The summed E-state index contributed by atoms with van der Waals surface area (Å²) in [5.41, 5.74) is 1.86. The Morgan fingerprint density at radius 2 is 1.73 bits per heavy atom. The maximum Gasteiger partial charge on any atom is 0.243 e. The van der Waals surface area contributed by atoms with E-state index in [0.29, 0.717) is 6.42 Å². The van der Waals surface area contributed by atoms with E-state index in [1.807, 2.05) is 24.3 Å². The lowest BCUT2D eigenvalue weighted by molar-refractivity contribution is -0.119. The summed E-state index contributed by atoms with van der Waals surface area (Å²) in [4.78, 5) is 15.3. The van der Waals surface area contributed by atoms with E-state index in [9.17, 15) is 17.6 Å². The van der Waals surface area contributed by atoms with Gasteiger partial charge in [-0.05, 0) is 68.2 Å². The molecule has 2 aromatic rings. The molecule has 30 heavy (non-hydrogen) atoms. The van der Waals surface area contributed by atoms with Crippen LogP contribution in [0.5, 0.6) is 0 Å². The average molecular weight is 432 g/mol. The van der Waals surface area contributed by atoms with Crippen LogP contribution in [0, 0.1) is 11.7 Å². The van der Waals surface area contributed by atoms with Crippen LogP contribution in [0.1, 0.15) is 24.8 Å². The number of para-hydroxylation sites is 1. The van der Waals surface area contributed by atoms with Crippen LogP contribution in [0.4, 0.5) is 10.1 Å². The first-order chi connectivity index (χ1) is 14.4. The van der Waals surface area contributed by atoms with Crippen LogP contribution in [0.25, 0.3) is 0 Å². The highest BCUT2D eigenvalue weighted by Gasteiger charge is 2.36. The van der Waals surface area contributed by atoms with E-state index < -0.39 is 21.8 Å². The van der Waals surface area contributed by atoms with Crippen molar-refractivity contribution in [2.75, 3.05) is 31.5 Å². The van der Waals surface area contributed by atoms with Gasteiger partial charge in [-0.25, -0.2) is 12.8 Å². The predicted octanol–water partition coefficient (Wildman–Crippen LogP) is 3.07. The number of likely N-dealkylation sites (tertiary alicyclic amines) is 1. The number of nitrogens with zero attached hydrogens (tertiary/aromatic N) is 2. The number of hydrogen-bond donors (Lipinski definition) is 1. The number of carbonyl (C=O) groups excluding carboxylic acids is 1. The van der Waals surface area contributed by atoms with Crippen LogP contribution in [0.2, 0.25) is 0 Å². The summed E-state index contributed by atoms with van der Waals surface area (Å²) in [6.45, 7) is 3.33. The number of anilines is 1. The van der Waals surface area contributed by atoms with Gasteiger partial charge < -0.3 is 5.32 Å². The summed E-state index contributed by atoms with van der Waals surface area (Å²) in [6, 6.07) is 12.5. The third kappa shape index (κ3) is 4.55. The van der Waals surface area contributed by atoms with E-state index in [2.05, 4.69) is 10.2 Å². The topological polar surface area (TPSA) is 69.7 Å². The molecule has 0 bridgehead atoms. The Morgan fingerprint density at radius 1 is 1.03 bits per heavy atom. The Kier molecular flexibility index (Phi) is 6.17. The molecule has 2 aromatic carbocycles. The van der Waals surface area contributed by atoms with Gasteiger partial charge in [-0.3, -0.25) is 9.69 Å². The van der Waals surface area contributed by atoms with Crippen molar-refractivity contribution in [1.82, 2.24) is 9.21 Å². The zero-order valence-corrected chi connectivity index (χ0v) is 17.6. The highest BCUT2D eigenvalue weighted by Crippen LogP contribution is 2.27. The van der Waals surface area contributed by atoms with Crippen LogP contribution in [-0.2, 0) is 21.4 Å². The van der Waals surface area contributed by atoms with Crippen molar-refractivity contribution >= 4 is 21.6 Å². The van der Waals surface area contributed by atoms with Gasteiger partial charge >= 0.3 is 0 Å². The lowest BCUT2D eigenvalue weighted by Crippen LogP contribution is -2.31. The molecule has 4 rings (SSSR count). The highest BCUT2D eigenvalue weighted by molar-refractivity contribution is 7.89. The molecule has 2 saturated heterocycles. The second kappa shape index (κ2) is 8.83. The zero-order valence-electron chi connectivity index (χ0n) is 16.8. The van der Waals surface area contributed by atoms with E-state index in [-0.39, 0.29) is 23.9 Å². The highest BCUT2D eigenvalue weighted by atomic mass is 32.2. The average Bonchev–Trinajstić information content (AvgIpc) is 3.42. The molecule has 1 amide bonds. The van der Waals surface area contributed by atoms with Crippen LogP contribution >= 0.6 is 0 Å². The molecule has 1 N–H and O–H groups in total. The lowest BCUT2D eigenvalue weighted by atomic mass is 10.1. The summed E-state index contributed by atoms with van der Waals surface area (Å²) >= 11 is 0. The third-order valence-corrected chi connectivity index (χ3v) is 7.72. The van der Waals surface area contributed by atoms with Crippen LogP contribution < -0.4 is 5.32 Å². The fourth-order valence-electron chi connectivity index (χ4n) is 4.11. The monoisotopic (exact) mass is 431 g/mol. The third-order valence-electron chi connectivity index (χ3n) is 5.84. The predicted molar refractivity (Wildman–Crippen MR) is 113 cm³/mol. The quantitative estimate of drug-likeness (QED) is 0.763. The SMILES string of the molecule is O=C(Nc1ccccc1CN1CCCC1)[C@H]1CCN(S(=O)(=O)c2ccc(F)cc2)C1. The second-order valence-corrected chi connectivity index (χ2v) is 9.87. The van der Waals surface area contributed by atoms with Gasteiger partial charge in [0.2, 0.25) is 15.9 Å². The normalized spacial score (nSPS) is 20.5. The molecule has 2 heterocycles. The molecule has 6 nitrogen and oxygen atoms in total. The second-order valence-electron chi connectivity index (χ2n) is 7.93. The van der Waals surface area contributed by atoms with Crippen molar-refractivity contribution in [3.05, 3.63) is 59.9 Å². The van der Waals surface area contributed by atoms with Crippen molar-refractivity contribution < 1.29 is 17.6 Å². The molecule has 1 atom stereocenters. The van der Waals surface area contributed by atoms with Crippen molar-refractivity contribution in [3.63, 3.8) is 0 Å². The van der Waals surface area contributed by atoms with Gasteiger partial charge in [0.05, 0.1) is 10.8 Å². The van der Waals surface area contributed by atoms with Gasteiger partial charge in [0.15, 0.2) is 0 Å². The van der Waals surface area contributed by atoms with E-state index in [1.54, 1.807) is 0 Å². The molecule has 2 fully saturated rings. The van der Waals surface area contributed by atoms with Crippen LogP contribution in [0.15, 0.2) is 53.4 Å². The minimum absolute atomic E-state index is 0.0425. The maximum absolute atomic E-state index is 13.1. The molecule has 0 spiro atoms. The number of nitrogens with one attached hydrogen (secondary N) is 1. The Hall–Kier alpha value is -2.29. The van der Waals surface area contributed by atoms with Crippen molar-refractivity contribution in [3.8, 4) is 0 Å². The molecule has 0 aliphatic carbocycles. The molecule has 2 aliphatic heterocycles. The molecule has 160 valence electrons. The number of sulfonamides is 1. The minimum Gasteiger partial charge on any atom is -0.326 e. The summed E-state index contributed by atoms with van der Waals surface area (Å²) in [5, 5.41) is 3.01. The molecule has 0 saturated carbocycles. The number of amides is 1. The van der Waals surface area contributed by atoms with Gasteiger partial charge in [0.1, 0.15) is 5.82 Å². The number of benzene rings is 2. The summed E-state index contributed by atoms with van der Waals surface area (Å²) in [5.74, 6) is -1.07. The molecule has 0 radical (unpaired) electrons. The Labute approximate surface area is 176 Å². The van der Waals surface area contributed by atoms with Crippen LogP contribution in [0.3, 0.4) is 0 Å². The number of rotatable bonds is 6. The summed E-state index contributed by atoms with van der Waals surface area (Å²) in [6.07, 6.45) is 2.87. The maximum atomic E-state index is 13.1. The Bertz CT molecular complexity index is 1000. The molecule has 0 unspecified atom stereocenters. The lowest BCUT2D eigenvalue weighted by Gasteiger charge is -2.19. The number of hydrogen-bond acceptors (Lipinski definition) is 4. The molecular formula is C22H26FN3O3S.